The van der Waals surface area contributed by atoms with Gasteiger partial charge < -0.3 is 14.6 Å². The third-order valence-electron chi connectivity index (χ3n) is 5.55. The quantitative estimate of drug-likeness (QED) is 0.407. The molecule has 132 valence electrons. The number of rotatable bonds is 0. The van der Waals surface area contributed by atoms with Crippen molar-refractivity contribution in [2.24, 2.45) is 5.92 Å². The Morgan fingerprint density at radius 1 is 1.42 bits per heavy atom. The van der Waals surface area contributed by atoms with Gasteiger partial charge in [0.25, 0.3) is 0 Å². The Hall–Kier alpha value is -1.66. The van der Waals surface area contributed by atoms with Crippen LogP contribution < -0.4 is 0 Å². The van der Waals surface area contributed by atoms with E-state index in [1.54, 1.807) is 19.9 Å². The molecule has 3 aliphatic rings. The minimum atomic E-state index is -1.65. The summed E-state index contributed by atoms with van der Waals surface area (Å²) >= 11 is 0. The number of nitrogens with zero attached hydrogens (tertiary/aromatic N) is 1. The van der Waals surface area contributed by atoms with E-state index in [0.29, 0.717) is 5.57 Å². The van der Waals surface area contributed by atoms with E-state index in [1.807, 2.05) is 6.08 Å². The molecular formula is C18H25NO5. The Morgan fingerprint density at radius 3 is 2.88 bits per heavy atom. The molecule has 0 aromatic carbocycles. The molecule has 0 aromatic heterocycles. The van der Waals surface area contributed by atoms with Crippen LogP contribution in [0.1, 0.15) is 33.6 Å². The summed E-state index contributed by atoms with van der Waals surface area (Å²) in [5, 5.41) is 10.6. The molecule has 0 saturated carbocycles. The van der Waals surface area contributed by atoms with Crippen molar-refractivity contribution in [2.45, 2.75) is 51.4 Å². The predicted octanol–water partition coefficient (Wildman–Crippen LogP) is 1.19. The first-order valence-electron chi connectivity index (χ1n) is 8.53. The van der Waals surface area contributed by atoms with Crippen LogP contribution >= 0.6 is 0 Å². The molecule has 0 amide bonds. The van der Waals surface area contributed by atoms with Crippen LogP contribution in [-0.4, -0.2) is 59.4 Å². The van der Waals surface area contributed by atoms with Crippen LogP contribution in [0.3, 0.4) is 0 Å². The summed E-state index contributed by atoms with van der Waals surface area (Å²) in [4.78, 5) is 27.1. The molecule has 1 unspecified atom stereocenters. The van der Waals surface area contributed by atoms with Gasteiger partial charge in [-0.15, -0.1) is 0 Å². The molecule has 1 N–H and O–H groups in total. The van der Waals surface area contributed by atoms with E-state index in [-0.39, 0.29) is 31.1 Å². The van der Waals surface area contributed by atoms with Gasteiger partial charge in [-0.1, -0.05) is 19.1 Å². The average Bonchev–Trinajstić information content (AvgIpc) is 3.12. The Morgan fingerprint density at radius 2 is 2.17 bits per heavy atom. The van der Waals surface area contributed by atoms with Crippen LogP contribution in [0, 0.1) is 5.92 Å². The minimum absolute atomic E-state index is 0.0262. The molecule has 3 rings (SSSR count). The fourth-order valence-electron chi connectivity index (χ4n) is 3.68. The smallest absolute Gasteiger partial charge is 0.338 e. The number of carbonyl (C=O) groups is 2. The molecule has 2 saturated heterocycles. The lowest BCUT2D eigenvalue weighted by Gasteiger charge is -2.31. The lowest BCUT2D eigenvalue weighted by molar-refractivity contribution is -0.169. The molecule has 6 heteroatoms. The van der Waals surface area contributed by atoms with Crippen molar-refractivity contribution >= 4 is 11.9 Å². The first-order chi connectivity index (χ1) is 11.3. The summed E-state index contributed by atoms with van der Waals surface area (Å²) in [5.41, 5.74) is -0.218. The highest BCUT2D eigenvalue weighted by Gasteiger charge is 2.45. The number of cyclic esters (lactones) is 1. The Bertz CT molecular complexity index is 607. The zero-order chi connectivity index (χ0) is 17.5. The highest BCUT2D eigenvalue weighted by Crippen LogP contribution is 2.34. The van der Waals surface area contributed by atoms with Gasteiger partial charge in [0, 0.05) is 18.7 Å². The van der Waals surface area contributed by atoms with Gasteiger partial charge >= 0.3 is 11.9 Å². The Balaban J connectivity index is 1.91. The van der Waals surface area contributed by atoms with E-state index in [0.717, 1.165) is 25.1 Å². The van der Waals surface area contributed by atoms with Gasteiger partial charge in [-0.05, 0) is 38.2 Å². The van der Waals surface area contributed by atoms with Crippen LogP contribution in [0.15, 0.2) is 23.3 Å². The molecule has 4 atom stereocenters. The van der Waals surface area contributed by atoms with Crippen molar-refractivity contribution in [3.05, 3.63) is 23.3 Å². The molecule has 3 aliphatic heterocycles. The maximum absolute atomic E-state index is 12.5. The van der Waals surface area contributed by atoms with E-state index in [2.05, 4.69) is 4.90 Å². The van der Waals surface area contributed by atoms with Gasteiger partial charge in [0.05, 0.1) is 6.04 Å². The van der Waals surface area contributed by atoms with E-state index < -0.39 is 17.5 Å². The number of hydrogen-bond acceptors (Lipinski definition) is 6. The zero-order valence-electron chi connectivity index (χ0n) is 14.4. The van der Waals surface area contributed by atoms with E-state index in [4.69, 9.17) is 9.47 Å². The first-order valence-corrected chi connectivity index (χ1v) is 8.53. The number of hydrogen-bond donors (Lipinski definition) is 1. The van der Waals surface area contributed by atoms with Crippen molar-refractivity contribution in [1.29, 1.82) is 0 Å². The standard InChI is InChI=1S/C18H25NO5/c1-4-12-9-11(2)18(3,22)17(21)23-10-13-5-7-19-8-6-14(15(13)19)24-16(12)20/h4-5,11,14-15,22H,6-10H2,1-3H3/b12-4-/t11?,14-,15-,18-/m1/s1. The summed E-state index contributed by atoms with van der Waals surface area (Å²) in [7, 11) is 0. The van der Waals surface area contributed by atoms with Crippen molar-refractivity contribution < 1.29 is 24.2 Å². The molecule has 2 fully saturated rings. The maximum Gasteiger partial charge on any atom is 0.338 e. The zero-order valence-corrected chi connectivity index (χ0v) is 14.4. The Kier molecular flexibility index (Phi) is 4.53. The Labute approximate surface area is 142 Å². The number of ether oxygens (including phenoxy) is 2. The lowest BCUT2D eigenvalue weighted by atomic mass is 9.85. The highest BCUT2D eigenvalue weighted by atomic mass is 16.6. The second-order valence-electron chi connectivity index (χ2n) is 7.09. The highest BCUT2D eigenvalue weighted by molar-refractivity contribution is 5.89. The average molecular weight is 335 g/mol. The van der Waals surface area contributed by atoms with Gasteiger partial charge in [0.15, 0.2) is 5.60 Å². The molecule has 24 heavy (non-hydrogen) atoms. The van der Waals surface area contributed by atoms with Crippen molar-refractivity contribution in [1.82, 2.24) is 4.90 Å². The second-order valence-corrected chi connectivity index (χ2v) is 7.09. The summed E-state index contributed by atoms with van der Waals surface area (Å²) in [6.45, 7) is 6.71. The second kappa shape index (κ2) is 6.33. The summed E-state index contributed by atoms with van der Waals surface area (Å²) in [6, 6.07) is -0.0262. The SMILES string of the molecule is C/C=C1/CC(C)[C@@](C)(O)C(=O)OCC2=CCN3CC[C@@H](OC1=O)[C@@H]23. The van der Waals surface area contributed by atoms with Gasteiger partial charge in [-0.2, -0.15) is 0 Å². The molecule has 0 radical (unpaired) electrons. The number of esters is 2. The number of aliphatic hydroxyl groups is 1. The summed E-state index contributed by atoms with van der Waals surface area (Å²) in [6.07, 6.45) is 4.56. The van der Waals surface area contributed by atoms with Gasteiger partial charge in [-0.3, -0.25) is 4.90 Å². The lowest BCUT2D eigenvalue weighted by Crippen LogP contribution is -2.45. The van der Waals surface area contributed by atoms with E-state index in [1.165, 1.54) is 6.92 Å². The van der Waals surface area contributed by atoms with Crippen molar-refractivity contribution in [3.8, 4) is 0 Å². The monoisotopic (exact) mass is 335 g/mol. The third kappa shape index (κ3) is 2.89. The molecular weight excluding hydrogens is 310 g/mol. The minimum Gasteiger partial charge on any atom is -0.459 e. The molecule has 6 nitrogen and oxygen atoms in total. The molecule has 0 aromatic rings. The molecule has 3 heterocycles. The largest absolute Gasteiger partial charge is 0.459 e. The fourth-order valence-corrected chi connectivity index (χ4v) is 3.68. The summed E-state index contributed by atoms with van der Waals surface area (Å²) in [5.74, 6) is -1.46. The third-order valence-corrected chi connectivity index (χ3v) is 5.55. The van der Waals surface area contributed by atoms with Crippen molar-refractivity contribution in [2.75, 3.05) is 19.7 Å². The van der Waals surface area contributed by atoms with Gasteiger partial charge in [0.1, 0.15) is 12.7 Å². The molecule has 0 aliphatic carbocycles. The fraction of sp³-hybridized carbons (Fsp3) is 0.667. The van der Waals surface area contributed by atoms with Crippen LogP contribution in [-0.2, 0) is 19.1 Å². The van der Waals surface area contributed by atoms with Crippen LogP contribution in [0.2, 0.25) is 0 Å². The van der Waals surface area contributed by atoms with E-state index >= 15 is 0 Å². The normalized spacial score (nSPS) is 39.6. The molecule has 0 spiro atoms. The number of carbonyl (C=O) groups excluding carboxylic acids is 2. The number of allylic oxidation sites excluding steroid dienone is 1. The predicted molar refractivity (Wildman–Crippen MR) is 87.1 cm³/mol. The van der Waals surface area contributed by atoms with Crippen molar-refractivity contribution in [3.63, 3.8) is 0 Å². The maximum atomic E-state index is 12.5. The molecule has 0 bridgehead atoms. The van der Waals surface area contributed by atoms with Crippen LogP contribution in [0.4, 0.5) is 0 Å². The van der Waals surface area contributed by atoms with E-state index in [9.17, 15) is 14.7 Å². The topological polar surface area (TPSA) is 76.1 Å². The van der Waals surface area contributed by atoms with Gasteiger partial charge in [0.2, 0.25) is 0 Å². The summed E-state index contributed by atoms with van der Waals surface area (Å²) < 4.78 is 11.2. The van der Waals surface area contributed by atoms with Gasteiger partial charge in [-0.25, -0.2) is 9.59 Å². The first kappa shape index (κ1) is 17.2. The van der Waals surface area contributed by atoms with Crippen LogP contribution in [0.5, 0.6) is 0 Å². The van der Waals surface area contributed by atoms with Crippen LogP contribution in [0.25, 0.3) is 0 Å².